The highest BCUT2D eigenvalue weighted by Crippen LogP contribution is 2.16. The Kier molecular flexibility index (Phi) is 5.46. The van der Waals surface area contributed by atoms with Crippen LogP contribution in [0.25, 0.3) is 0 Å². The summed E-state index contributed by atoms with van der Waals surface area (Å²) >= 11 is 0. The van der Waals surface area contributed by atoms with Crippen LogP contribution in [0.1, 0.15) is 22.8 Å². The van der Waals surface area contributed by atoms with Gasteiger partial charge in [-0.25, -0.2) is 0 Å². The second kappa shape index (κ2) is 7.94. The maximum Gasteiger partial charge on any atom is 0.260 e. The smallest absolute Gasteiger partial charge is 0.260 e. The third kappa shape index (κ3) is 4.25. The summed E-state index contributed by atoms with van der Waals surface area (Å²) < 4.78 is 5.59. The Bertz CT molecular complexity index is 728. The molecule has 0 aliphatic carbocycles. The van der Waals surface area contributed by atoms with Gasteiger partial charge in [0.05, 0.1) is 0 Å². The summed E-state index contributed by atoms with van der Waals surface area (Å²) in [6.07, 6.45) is 0. The molecule has 1 unspecified atom stereocenters. The molecule has 0 radical (unpaired) electrons. The molecule has 1 N–H and O–H groups in total. The first-order chi connectivity index (χ1) is 12.1. The van der Waals surface area contributed by atoms with E-state index in [1.165, 1.54) is 0 Å². The minimum atomic E-state index is -0.0298. The molecule has 2 aromatic carbocycles. The highest BCUT2D eigenvalue weighted by molar-refractivity contribution is 6.08. The molecule has 1 aliphatic heterocycles. The van der Waals surface area contributed by atoms with Crippen molar-refractivity contribution in [1.82, 2.24) is 10.2 Å². The molecule has 1 saturated heterocycles. The Balaban J connectivity index is 1.57. The van der Waals surface area contributed by atoms with Crippen LogP contribution in [0.4, 0.5) is 0 Å². The van der Waals surface area contributed by atoms with Gasteiger partial charge in [-0.05, 0) is 31.2 Å². The average Bonchev–Trinajstić information content (AvgIpc) is 2.67. The van der Waals surface area contributed by atoms with E-state index in [0.717, 1.165) is 13.1 Å². The Morgan fingerprint density at radius 3 is 2.44 bits per heavy atom. The van der Waals surface area contributed by atoms with Crippen molar-refractivity contribution >= 4 is 11.7 Å². The van der Waals surface area contributed by atoms with E-state index in [1.54, 1.807) is 36.4 Å². The van der Waals surface area contributed by atoms with Gasteiger partial charge in [-0.2, -0.15) is 0 Å². The summed E-state index contributed by atoms with van der Waals surface area (Å²) in [6, 6.07) is 16.2. The van der Waals surface area contributed by atoms with Gasteiger partial charge in [-0.15, -0.1) is 0 Å². The SMILES string of the molecule is CC1CNCCN1C(=O)COc1ccc(C(=O)c2ccccc2)cc1. The van der Waals surface area contributed by atoms with Crippen LogP contribution in [0.2, 0.25) is 0 Å². The molecule has 130 valence electrons. The Morgan fingerprint density at radius 2 is 1.76 bits per heavy atom. The number of nitrogens with one attached hydrogen (secondary N) is 1. The van der Waals surface area contributed by atoms with E-state index in [1.807, 2.05) is 30.0 Å². The van der Waals surface area contributed by atoms with Crippen molar-refractivity contribution in [3.63, 3.8) is 0 Å². The van der Waals surface area contributed by atoms with Crippen molar-refractivity contribution in [2.75, 3.05) is 26.2 Å². The third-order valence-electron chi connectivity index (χ3n) is 4.34. The van der Waals surface area contributed by atoms with Crippen LogP contribution in [0.5, 0.6) is 5.75 Å². The number of carbonyl (C=O) groups is 2. The summed E-state index contributed by atoms with van der Waals surface area (Å²) in [6.45, 7) is 4.35. The second-order valence-corrected chi connectivity index (χ2v) is 6.15. The summed E-state index contributed by atoms with van der Waals surface area (Å²) in [7, 11) is 0. The largest absolute Gasteiger partial charge is 0.484 e. The molecule has 1 atom stereocenters. The fraction of sp³-hybridized carbons (Fsp3) is 0.300. The lowest BCUT2D eigenvalue weighted by Crippen LogP contribution is -2.53. The molecular formula is C20H22N2O3. The van der Waals surface area contributed by atoms with Crippen LogP contribution in [0.3, 0.4) is 0 Å². The maximum absolute atomic E-state index is 12.4. The summed E-state index contributed by atoms with van der Waals surface area (Å²) in [4.78, 5) is 26.5. The maximum atomic E-state index is 12.4. The Morgan fingerprint density at radius 1 is 1.08 bits per heavy atom. The molecule has 0 bridgehead atoms. The van der Waals surface area contributed by atoms with Gasteiger partial charge in [-0.1, -0.05) is 30.3 Å². The van der Waals surface area contributed by atoms with Crippen LogP contribution in [0.15, 0.2) is 54.6 Å². The second-order valence-electron chi connectivity index (χ2n) is 6.15. The number of hydrogen-bond acceptors (Lipinski definition) is 4. The van der Waals surface area contributed by atoms with Gasteiger partial charge in [0.25, 0.3) is 5.91 Å². The standard InChI is InChI=1S/C20H22N2O3/c1-15-13-21-11-12-22(15)19(23)14-25-18-9-7-17(8-10-18)20(24)16-5-3-2-4-6-16/h2-10,15,21H,11-14H2,1H3. The summed E-state index contributed by atoms with van der Waals surface area (Å²) in [5.74, 6) is 0.539. The van der Waals surface area contributed by atoms with E-state index in [9.17, 15) is 9.59 Å². The zero-order valence-corrected chi connectivity index (χ0v) is 14.3. The number of rotatable bonds is 5. The number of hydrogen-bond donors (Lipinski definition) is 1. The van der Waals surface area contributed by atoms with Crippen molar-refractivity contribution in [1.29, 1.82) is 0 Å². The molecule has 5 nitrogen and oxygen atoms in total. The molecule has 0 aromatic heterocycles. The summed E-state index contributed by atoms with van der Waals surface area (Å²) in [5.41, 5.74) is 1.25. The fourth-order valence-corrected chi connectivity index (χ4v) is 2.90. The molecule has 1 fully saturated rings. The quantitative estimate of drug-likeness (QED) is 0.849. The molecule has 1 aliphatic rings. The molecule has 5 heteroatoms. The van der Waals surface area contributed by atoms with Crippen molar-refractivity contribution in [3.05, 3.63) is 65.7 Å². The first-order valence-corrected chi connectivity index (χ1v) is 8.48. The van der Waals surface area contributed by atoms with E-state index in [2.05, 4.69) is 5.32 Å². The predicted molar refractivity (Wildman–Crippen MR) is 95.9 cm³/mol. The number of nitrogens with zero attached hydrogens (tertiary/aromatic N) is 1. The van der Waals surface area contributed by atoms with Gasteiger partial charge in [0, 0.05) is 36.8 Å². The normalized spacial score (nSPS) is 17.2. The highest BCUT2D eigenvalue weighted by Gasteiger charge is 2.23. The number of benzene rings is 2. The summed E-state index contributed by atoms with van der Waals surface area (Å²) in [5, 5.41) is 3.26. The van der Waals surface area contributed by atoms with Crippen LogP contribution >= 0.6 is 0 Å². The van der Waals surface area contributed by atoms with E-state index in [-0.39, 0.29) is 24.3 Å². The van der Waals surface area contributed by atoms with Gasteiger partial charge in [0.2, 0.25) is 0 Å². The van der Waals surface area contributed by atoms with Crippen molar-refractivity contribution in [3.8, 4) is 5.75 Å². The average molecular weight is 338 g/mol. The molecule has 1 heterocycles. The van der Waals surface area contributed by atoms with Crippen molar-refractivity contribution in [2.24, 2.45) is 0 Å². The van der Waals surface area contributed by atoms with E-state index in [4.69, 9.17) is 4.74 Å². The minimum absolute atomic E-state index is 0.0102. The Labute approximate surface area is 147 Å². The lowest BCUT2D eigenvalue weighted by molar-refractivity contribution is -0.136. The van der Waals surface area contributed by atoms with Crippen LogP contribution < -0.4 is 10.1 Å². The van der Waals surface area contributed by atoms with E-state index < -0.39 is 0 Å². The minimum Gasteiger partial charge on any atom is -0.484 e. The van der Waals surface area contributed by atoms with Gasteiger partial charge >= 0.3 is 0 Å². The lowest BCUT2D eigenvalue weighted by atomic mass is 10.0. The monoisotopic (exact) mass is 338 g/mol. The number of ether oxygens (including phenoxy) is 1. The topological polar surface area (TPSA) is 58.6 Å². The Hall–Kier alpha value is -2.66. The van der Waals surface area contributed by atoms with Crippen LogP contribution in [-0.4, -0.2) is 48.9 Å². The molecule has 0 saturated carbocycles. The van der Waals surface area contributed by atoms with Gasteiger partial charge in [-0.3, -0.25) is 9.59 Å². The lowest BCUT2D eigenvalue weighted by Gasteiger charge is -2.33. The fourth-order valence-electron chi connectivity index (χ4n) is 2.90. The molecule has 2 aromatic rings. The predicted octanol–water partition coefficient (Wildman–Crippen LogP) is 2.12. The zero-order chi connectivity index (χ0) is 17.6. The molecule has 3 rings (SSSR count). The van der Waals surface area contributed by atoms with E-state index in [0.29, 0.717) is 23.4 Å². The van der Waals surface area contributed by atoms with Crippen molar-refractivity contribution < 1.29 is 14.3 Å². The third-order valence-corrected chi connectivity index (χ3v) is 4.34. The van der Waals surface area contributed by atoms with Crippen LogP contribution in [-0.2, 0) is 4.79 Å². The number of amides is 1. The van der Waals surface area contributed by atoms with E-state index >= 15 is 0 Å². The van der Waals surface area contributed by atoms with Gasteiger partial charge in [0.1, 0.15) is 5.75 Å². The number of ketones is 1. The molecule has 0 spiro atoms. The first kappa shape index (κ1) is 17.2. The molecule has 25 heavy (non-hydrogen) atoms. The first-order valence-electron chi connectivity index (χ1n) is 8.48. The number of piperazine rings is 1. The molecular weight excluding hydrogens is 316 g/mol. The zero-order valence-electron chi connectivity index (χ0n) is 14.3. The number of carbonyl (C=O) groups excluding carboxylic acids is 2. The van der Waals surface area contributed by atoms with Crippen LogP contribution in [0, 0.1) is 0 Å². The molecule has 1 amide bonds. The highest BCUT2D eigenvalue weighted by atomic mass is 16.5. The van der Waals surface area contributed by atoms with Gasteiger partial charge < -0.3 is 15.0 Å². The van der Waals surface area contributed by atoms with Gasteiger partial charge in [0.15, 0.2) is 12.4 Å². The van der Waals surface area contributed by atoms with Crippen molar-refractivity contribution in [2.45, 2.75) is 13.0 Å².